The summed E-state index contributed by atoms with van der Waals surface area (Å²) in [5, 5.41) is 5.16. The molecule has 1 fully saturated rings. The van der Waals surface area contributed by atoms with Gasteiger partial charge in [-0.3, -0.25) is 9.69 Å². The fourth-order valence-corrected chi connectivity index (χ4v) is 4.24. The first-order chi connectivity index (χ1) is 9.63. The maximum Gasteiger partial charge on any atom is 0.234 e. The van der Waals surface area contributed by atoms with Gasteiger partial charge in [-0.25, -0.2) is 0 Å². The van der Waals surface area contributed by atoms with Crippen molar-refractivity contribution in [2.75, 3.05) is 20.1 Å². The minimum Gasteiger partial charge on any atom is -0.355 e. The number of thiophene rings is 1. The standard InChI is InChI=1S/C15H23BrN2OS/c1-18(9-14-7-13(16)11-20-14)10-15(19)17-8-12-5-3-2-4-6-12/h7,11-12H,2-6,8-10H2,1H3,(H,17,19). The monoisotopic (exact) mass is 358 g/mol. The zero-order valence-corrected chi connectivity index (χ0v) is 14.4. The second kappa shape index (κ2) is 8.15. The summed E-state index contributed by atoms with van der Waals surface area (Å²) in [6.07, 6.45) is 6.57. The Hall–Kier alpha value is -0.390. The van der Waals surface area contributed by atoms with Gasteiger partial charge in [0.25, 0.3) is 0 Å². The molecule has 112 valence electrons. The molecule has 1 saturated carbocycles. The van der Waals surface area contributed by atoms with Crippen LogP contribution in [0.15, 0.2) is 15.9 Å². The van der Waals surface area contributed by atoms with E-state index in [1.165, 1.54) is 37.0 Å². The Kier molecular flexibility index (Phi) is 6.52. The highest BCUT2D eigenvalue weighted by molar-refractivity contribution is 9.10. The van der Waals surface area contributed by atoms with E-state index in [1.54, 1.807) is 11.3 Å². The van der Waals surface area contributed by atoms with Gasteiger partial charge in [-0.2, -0.15) is 0 Å². The van der Waals surface area contributed by atoms with Crippen molar-refractivity contribution in [3.8, 4) is 0 Å². The van der Waals surface area contributed by atoms with Gasteiger partial charge >= 0.3 is 0 Å². The molecule has 0 atom stereocenters. The molecule has 0 saturated heterocycles. The van der Waals surface area contributed by atoms with E-state index in [0.29, 0.717) is 12.5 Å². The van der Waals surface area contributed by atoms with Crippen LogP contribution in [0.3, 0.4) is 0 Å². The van der Waals surface area contributed by atoms with Gasteiger partial charge in [0.2, 0.25) is 5.91 Å². The number of nitrogens with one attached hydrogen (secondary N) is 1. The molecule has 0 bridgehead atoms. The second-order valence-electron chi connectivity index (χ2n) is 5.71. The molecule has 0 radical (unpaired) electrons. The van der Waals surface area contributed by atoms with Crippen molar-refractivity contribution in [3.63, 3.8) is 0 Å². The van der Waals surface area contributed by atoms with Gasteiger partial charge < -0.3 is 5.32 Å². The van der Waals surface area contributed by atoms with Crippen LogP contribution in [-0.4, -0.2) is 30.9 Å². The molecule has 0 spiro atoms. The van der Waals surface area contributed by atoms with Crippen molar-refractivity contribution in [3.05, 3.63) is 20.8 Å². The first-order valence-electron chi connectivity index (χ1n) is 7.31. The summed E-state index contributed by atoms with van der Waals surface area (Å²) in [7, 11) is 1.99. The summed E-state index contributed by atoms with van der Waals surface area (Å²) in [5.74, 6) is 0.847. The highest BCUT2D eigenvalue weighted by Crippen LogP contribution is 2.23. The smallest absolute Gasteiger partial charge is 0.234 e. The van der Waals surface area contributed by atoms with Crippen LogP contribution in [0, 0.1) is 5.92 Å². The normalized spacial score (nSPS) is 16.6. The van der Waals surface area contributed by atoms with Crippen LogP contribution in [0.4, 0.5) is 0 Å². The Morgan fingerprint density at radius 1 is 1.45 bits per heavy atom. The van der Waals surface area contributed by atoms with Gasteiger partial charge in [0.1, 0.15) is 0 Å². The van der Waals surface area contributed by atoms with Gasteiger partial charge in [-0.1, -0.05) is 19.3 Å². The van der Waals surface area contributed by atoms with E-state index in [0.717, 1.165) is 17.6 Å². The average molecular weight is 359 g/mol. The lowest BCUT2D eigenvalue weighted by molar-refractivity contribution is -0.122. The largest absolute Gasteiger partial charge is 0.355 e. The van der Waals surface area contributed by atoms with E-state index in [-0.39, 0.29) is 5.91 Å². The Balaban J connectivity index is 1.65. The molecule has 0 unspecified atom stereocenters. The highest BCUT2D eigenvalue weighted by Gasteiger charge is 2.15. The topological polar surface area (TPSA) is 32.3 Å². The summed E-state index contributed by atoms with van der Waals surface area (Å²) in [4.78, 5) is 15.3. The third kappa shape index (κ3) is 5.54. The third-order valence-corrected chi connectivity index (χ3v) is 5.46. The van der Waals surface area contributed by atoms with E-state index in [4.69, 9.17) is 0 Å². The van der Waals surface area contributed by atoms with E-state index in [9.17, 15) is 4.79 Å². The molecule has 1 aromatic heterocycles. The Bertz CT molecular complexity index is 429. The second-order valence-corrected chi connectivity index (χ2v) is 7.62. The molecule has 1 aromatic rings. The number of carbonyl (C=O) groups excluding carboxylic acids is 1. The Morgan fingerprint density at radius 3 is 2.85 bits per heavy atom. The average Bonchev–Trinajstić information content (AvgIpc) is 2.83. The molecule has 20 heavy (non-hydrogen) atoms. The SMILES string of the molecule is CN(CC(=O)NCC1CCCCC1)Cc1cc(Br)cs1. The molecule has 2 rings (SSSR count). The minimum absolute atomic E-state index is 0.147. The zero-order chi connectivity index (χ0) is 14.4. The number of halogens is 1. The maximum atomic E-state index is 11.9. The minimum atomic E-state index is 0.147. The van der Waals surface area contributed by atoms with Gasteiger partial charge in [-0.05, 0) is 47.8 Å². The lowest BCUT2D eigenvalue weighted by Crippen LogP contribution is -2.37. The maximum absolute atomic E-state index is 11.9. The Labute approximate surface area is 133 Å². The van der Waals surface area contributed by atoms with E-state index in [1.807, 2.05) is 7.05 Å². The molecular formula is C15H23BrN2OS. The Morgan fingerprint density at radius 2 is 2.20 bits per heavy atom. The van der Waals surface area contributed by atoms with Crippen LogP contribution in [-0.2, 0) is 11.3 Å². The molecule has 1 amide bonds. The fraction of sp³-hybridized carbons (Fsp3) is 0.667. The van der Waals surface area contributed by atoms with E-state index >= 15 is 0 Å². The number of hydrogen-bond donors (Lipinski definition) is 1. The predicted octanol–water partition coefficient (Wildman–Crippen LogP) is 3.64. The number of likely N-dealkylation sites (N-methyl/N-ethyl adjacent to an activating group) is 1. The number of amides is 1. The van der Waals surface area contributed by atoms with E-state index < -0.39 is 0 Å². The van der Waals surface area contributed by atoms with Crippen LogP contribution in [0.5, 0.6) is 0 Å². The first kappa shape index (κ1) is 16.0. The van der Waals surface area contributed by atoms with Crippen LogP contribution in [0.25, 0.3) is 0 Å². The fourth-order valence-electron chi connectivity index (χ4n) is 2.71. The van der Waals surface area contributed by atoms with Crippen molar-refractivity contribution in [2.45, 2.75) is 38.6 Å². The van der Waals surface area contributed by atoms with Crippen molar-refractivity contribution >= 4 is 33.2 Å². The van der Waals surface area contributed by atoms with Crippen LogP contribution in [0.1, 0.15) is 37.0 Å². The molecule has 0 aromatic carbocycles. The molecule has 0 aliphatic heterocycles. The van der Waals surface area contributed by atoms with Gasteiger partial charge in [0, 0.05) is 27.8 Å². The van der Waals surface area contributed by atoms with Crippen molar-refractivity contribution < 1.29 is 4.79 Å². The molecule has 1 aliphatic rings. The lowest BCUT2D eigenvalue weighted by Gasteiger charge is -2.22. The third-order valence-electron chi connectivity index (χ3n) is 3.77. The highest BCUT2D eigenvalue weighted by atomic mass is 79.9. The van der Waals surface area contributed by atoms with Crippen molar-refractivity contribution in [2.24, 2.45) is 5.92 Å². The first-order valence-corrected chi connectivity index (χ1v) is 8.99. The summed E-state index contributed by atoms with van der Waals surface area (Å²) in [5.41, 5.74) is 0. The quantitative estimate of drug-likeness (QED) is 0.841. The van der Waals surface area contributed by atoms with Crippen LogP contribution >= 0.6 is 27.3 Å². The number of hydrogen-bond acceptors (Lipinski definition) is 3. The molecule has 3 nitrogen and oxygen atoms in total. The summed E-state index contributed by atoms with van der Waals surface area (Å²) in [6.45, 7) is 2.16. The summed E-state index contributed by atoms with van der Waals surface area (Å²) >= 11 is 5.18. The molecule has 1 aliphatic carbocycles. The van der Waals surface area contributed by atoms with E-state index in [2.05, 4.69) is 37.6 Å². The predicted molar refractivity (Wildman–Crippen MR) is 87.9 cm³/mol. The zero-order valence-electron chi connectivity index (χ0n) is 12.0. The van der Waals surface area contributed by atoms with Crippen LogP contribution < -0.4 is 5.32 Å². The lowest BCUT2D eigenvalue weighted by atomic mass is 9.89. The molecule has 1 N–H and O–H groups in total. The number of nitrogens with zero attached hydrogens (tertiary/aromatic N) is 1. The van der Waals surface area contributed by atoms with Crippen LogP contribution in [0.2, 0.25) is 0 Å². The molecule has 5 heteroatoms. The van der Waals surface area contributed by atoms with Crippen molar-refractivity contribution in [1.29, 1.82) is 0 Å². The molecule has 1 heterocycles. The number of carbonyl (C=O) groups is 1. The summed E-state index contributed by atoms with van der Waals surface area (Å²) < 4.78 is 1.12. The van der Waals surface area contributed by atoms with Gasteiger partial charge in [0.05, 0.1) is 6.54 Å². The molecular weight excluding hydrogens is 336 g/mol. The number of rotatable bonds is 6. The van der Waals surface area contributed by atoms with Gasteiger partial charge in [0.15, 0.2) is 0 Å². The van der Waals surface area contributed by atoms with Crippen molar-refractivity contribution in [1.82, 2.24) is 10.2 Å². The van der Waals surface area contributed by atoms with Gasteiger partial charge in [-0.15, -0.1) is 11.3 Å². The summed E-state index contributed by atoms with van der Waals surface area (Å²) in [6, 6.07) is 2.11.